The molecule has 0 saturated heterocycles. The van der Waals surface area contributed by atoms with E-state index in [4.69, 9.17) is 0 Å². The third-order valence-electron chi connectivity index (χ3n) is 6.21. The maximum Gasteiger partial charge on any atom is 0.322 e. The number of carbonyl (C=O) groups excluding carboxylic acids is 1. The topological polar surface area (TPSA) is 37.3 Å². The molecule has 4 aromatic rings. The molecule has 2 amide bonds. The summed E-state index contributed by atoms with van der Waals surface area (Å²) in [5.41, 5.74) is 8.69. The minimum Gasteiger partial charge on any atom is -0.318 e. The fraction of sp³-hybridized carbons (Fsp3) is 0.179. The van der Waals surface area contributed by atoms with E-state index >= 15 is 0 Å². The van der Waals surface area contributed by atoms with E-state index in [9.17, 15) is 4.79 Å². The van der Waals surface area contributed by atoms with Crippen LogP contribution >= 0.6 is 0 Å². The molecule has 0 saturated carbocycles. The number of nitrogens with one attached hydrogen (secondary N) is 1. The molecule has 1 aliphatic rings. The SMILES string of the molecule is Cc1cccc([C@H]2c3cccn3-c3ccccc3CN2C(=O)Nc2ccc(C)cc2C)c1. The van der Waals surface area contributed by atoms with Gasteiger partial charge in [0.2, 0.25) is 0 Å². The first-order chi connectivity index (χ1) is 15.5. The highest BCUT2D eigenvalue weighted by Gasteiger charge is 2.33. The molecule has 1 aromatic heterocycles. The maximum atomic E-state index is 13.8. The quantitative estimate of drug-likeness (QED) is 0.392. The highest BCUT2D eigenvalue weighted by atomic mass is 16.2. The molecule has 0 bridgehead atoms. The number of anilines is 1. The lowest BCUT2D eigenvalue weighted by Gasteiger charge is -2.31. The summed E-state index contributed by atoms with van der Waals surface area (Å²) >= 11 is 0. The number of hydrogen-bond donors (Lipinski definition) is 1. The summed E-state index contributed by atoms with van der Waals surface area (Å²) in [6, 6.07) is 26.7. The average Bonchev–Trinajstić information content (AvgIpc) is 3.20. The normalized spacial score (nSPS) is 15.0. The molecule has 160 valence electrons. The van der Waals surface area contributed by atoms with Crippen molar-refractivity contribution in [2.24, 2.45) is 0 Å². The molecule has 0 unspecified atom stereocenters. The monoisotopic (exact) mass is 421 g/mol. The molecule has 0 aliphatic carbocycles. The fourth-order valence-corrected chi connectivity index (χ4v) is 4.67. The molecule has 4 heteroatoms. The zero-order valence-electron chi connectivity index (χ0n) is 18.7. The van der Waals surface area contributed by atoms with Crippen LogP contribution in [-0.2, 0) is 6.54 Å². The van der Waals surface area contributed by atoms with Gasteiger partial charge in [-0.1, -0.05) is 65.7 Å². The van der Waals surface area contributed by atoms with Crippen molar-refractivity contribution in [3.05, 3.63) is 119 Å². The van der Waals surface area contributed by atoms with Crippen LogP contribution in [0.5, 0.6) is 0 Å². The molecule has 32 heavy (non-hydrogen) atoms. The third kappa shape index (κ3) is 3.58. The van der Waals surface area contributed by atoms with Crippen molar-refractivity contribution in [2.75, 3.05) is 5.32 Å². The molecule has 2 heterocycles. The van der Waals surface area contributed by atoms with Gasteiger partial charge in [0.15, 0.2) is 0 Å². The summed E-state index contributed by atoms with van der Waals surface area (Å²) in [6.07, 6.45) is 2.09. The Hall–Kier alpha value is -3.79. The number of carbonyl (C=O) groups is 1. The molecule has 1 N–H and O–H groups in total. The van der Waals surface area contributed by atoms with E-state index in [1.54, 1.807) is 0 Å². The van der Waals surface area contributed by atoms with Gasteiger partial charge in [-0.2, -0.15) is 0 Å². The largest absolute Gasteiger partial charge is 0.322 e. The number of hydrogen-bond acceptors (Lipinski definition) is 1. The van der Waals surface area contributed by atoms with Gasteiger partial charge in [-0.25, -0.2) is 4.79 Å². The molecular weight excluding hydrogens is 394 g/mol. The van der Waals surface area contributed by atoms with Gasteiger partial charge in [0.05, 0.1) is 18.3 Å². The third-order valence-corrected chi connectivity index (χ3v) is 6.21. The van der Waals surface area contributed by atoms with Crippen LogP contribution < -0.4 is 5.32 Å². The zero-order chi connectivity index (χ0) is 22.2. The van der Waals surface area contributed by atoms with E-state index < -0.39 is 0 Å². The molecule has 1 atom stereocenters. The Morgan fingerprint density at radius 3 is 2.50 bits per heavy atom. The lowest BCUT2D eigenvalue weighted by Crippen LogP contribution is -2.38. The van der Waals surface area contributed by atoms with Crippen LogP contribution in [0.2, 0.25) is 0 Å². The smallest absolute Gasteiger partial charge is 0.318 e. The molecule has 0 fully saturated rings. The minimum absolute atomic E-state index is 0.104. The predicted molar refractivity (Wildman–Crippen MR) is 129 cm³/mol. The van der Waals surface area contributed by atoms with Gasteiger partial charge >= 0.3 is 6.03 Å². The van der Waals surface area contributed by atoms with Crippen molar-refractivity contribution in [3.8, 4) is 5.69 Å². The Labute approximate surface area is 189 Å². The first-order valence-corrected chi connectivity index (χ1v) is 11.0. The average molecular weight is 422 g/mol. The second-order valence-electron chi connectivity index (χ2n) is 8.62. The number of nitrogens with zero attached hydrogens (tertiary/aromatic N) is 2. The summed E-state index contributed by atoms with van der Waals surface area (Å²) in [7, 11) is 0. The van der Waals surface area contributed by atoms with Gasteiger partial charge in [0.1, 0.15) is 0 Å². The van der Waals surface area contributed by atoms with Crippen LogP contribution in [0, 0.1) is 20.8 Å². The van der Waals surface area contributed by atoms with E-state index in [1.165, 1.54) is 11.1 Å². The number of aromatic nitrogens is 1. The predicted octanol–water partition coefficient (Wildman–Crippen LogP) is 6.54. The van der Waals surface area contributed by atoms with Gasteiger partial charge in [-0.15, -0.1) is 0 Å². The standard InChI is InChI=1S/C28H27N3O/c1-19-8-6-10-22(17-19)27-26-12-7-15-30(26)25-11-5-4-9-23(25)18-31(27)28(32)29-24-14-13-20(2)16-21(24)3/h4-17,27H,18H2,1-3H3,(H,29,32)/t27-/m0/s1. The van der Waals surface area contributed by atoms with Crippen molar-refractivity contribution < 1.29 is 4.79 Å². The Morgan fingerprint density at radius 1 is 0.875 bits per heavy atom. The molecule has 1 aliphatic heterocycles. The van der Waals surface area contributed by atoms with Gasteiger partial charge in [-0.3, -0.25) is 0 Å². The molecule has 3 aromatic carbocycles. The van der Waals surface area contributed by atoms with E-state index in [2.05, 4.69) is 90.6 Å². The Balaban J connectivity index is 1.64. The minimum atomic E-state index is -0.206. The first-order valence-electron chi connectivity index (χ1n) is 11.0. The molecule has 0 radical (unpaired) electrons. The van der Waals surface area contributed by atoms with Crippen LogP contribution in [0.3, 0.4) is 0 Å². The highest BCUT2D eigenvalue weighted by Crippen LogP contribution is 2.37. The van der Waals surface area contributed by atoms with Crippen molar-refractivity contribution in [2.45, 2.75) is 33.4 Å². The summed E-state index contributed by atoms with van der Waals surface area (Å²) in [5.74, 6) is 0. The number of benzene rings is 3. The molecule has 0 spiro atoms. The van der Waals surface area contributed by atoms with Crippen LogP contribution in [-0.4, -0.2) is 15.5 Å². The lowest BCUT2D eigenvalue weighted by atomic mass is 10.00. The molecule has 4 nitrogen and oxygen atoms in total. The second-order valence-corrected chi connectivity index (χ2v) is 8.62. The number of rotatable bonds is 2. The van der Waals surface area contributed by atoms with Crippen LogP contribution in [0.4, 0.5) is 10.5 Å². The number of fused-ring (bicyclic) bond motifs is 3. The Bertz CT molecular complexity index is 1300. The van der Waals surface area contributed by atoms with E-state index in [0.29, 0.717) is 6.54 Å². The molecular formula is C28H27N3O. The second kappa shape index (κ2) is 8.04. The van der Waals surface area contributed by atoms with E-state index in [-0.39, 0.29) is 12.1 Å². The molecule has 5 rings (SSSR count). The number of amides is 2. The fourth-order valence-electron chi connectivity index (χ4n) is 4.67. The highest BCUT2D eigenvalue weighted by molar-refractivity contribution is 5.91. The first kappa shape index (κ1) is 20.1. The lowest BCUT2D eigenvalue weighted by molar-refractivity contribution is 0.194. The van der Waals surface area contributed by atoms with Crippen molar-refractivity contribution in [1.82, 2.24) is 9.47 Å². The summed E-state index contributed by atoms with van der Waals surface area (Å²) in [4.78, 5) is 15.7. The number of aryl methyl sites for hydroxylation is 3. The summed E-state index contributed by atoms with van der Waals surface area (Å²) in [5, 5.41) is 3.18. The van der Waals surface area contributed by atoms with Gasteiger partial charge in [-0.05, 0) is 61.7 Å². The summed E-state index contributed by atoms with van der Waals surface area (Å²) < 4.78 is 2.22. The van der Waals surface area contributed by atoms with Crippen molar-refractivity contribution >= 4 is 11.7 Å². The number of urea groups is 1. The van der Waals surface area contributed by atoms with E-state index in [1.807, 2.05) is 30.0 Å². The zero-order valence-corrected chi connectivity index (χ0v) is 18.7. The van der Waals surface area contributed by atoms with Gasteiger partial charge in [0, 0.05) is 17.6 Å². The van der Waals surface area contributed by atoms with Crippen molar-refractivity contribution in [1.29, 1.82) is 0 Å². The number of para-hydroxylation sites is 1. The van der Waals surface area contributed by atoms with Crippen LogP contribution in [0.15, 0.2) is 85.1 Å². The Kier molecular flexibility index (Phi) is 5.06. The maximum absolute atomic E-state index is 13.8. The van der Waals surface area contributed by atoms with Crippen LogP contribution in [0.1, 0.15) is 39.6 Å². The van der Waals surface area contributed by atoms with Gasteiger partial charge < -0.3 is 14.8 Å². The summed E-state index contributed by atoms with van der Waals surface area (Å²) in [6.45, 7) is 6.71. The van der Waals surface area contributed by atoms with Gasteiger partial charge in [0.25, 0.3) is 0 Å². The Morgan fingerprint density at radius 2 is 1.69 bits per heavy atom. The van der Waals surface area contributed by atoms with E-state index in [0.717, 1.165) is 33.8 Å². The van der Waals surface area contributed by atoms with Crippen LogP contribution in [0.25, 0.3) is 5.69 Å². The van der Waals surface area contributed by atoms with Crippen molar-refractivity contribution in [3.63, 3.8) is 0 Å².